The third kappa shape index (κ3) is 3.05. The minimum Gasteiger partial charge on any atom is -0.399 e. The molecule has 0 saturated carbocycles. The summed E-state index contributed by atoms with van der Waals surface area (Å²) in [5, 5.41) is 3.52. The summed E-state index contributed by atoms with van der Waals surface area (Å²) in [4.78, 5) is 16.8. The highest BCUT2D eigenvalue weighted by atomic mass is 35.5. The molecule has 0 unspecified atom stereocenters. The van der Waals surface area contributed by atoms with Crippen LogP contribution < -0.4 is 5.73 Å². The molecule has 0 atom stereocenters. The number of allylic oxidation sites excluding steroid dienone is 1. The minimum atomic E-state index is -0.111. The number of hydrogen-bond acceptors (Lipinski definition) is 3. The van der Waals surface area contributed by atoms with Crippen molar-refractivity contribution < 1.29 is 4.79 Å². The molecule has 3 nitrogen and oxygen atoms in total. The molecule has 1 aromatic heterocycles. The number of nitrogens with zero attached hydrogens (tertiary/aromatic N) is 1. The third-order valence-electron chi connectivity index (χ3n) is 4.30. The average Bonchev–Trinajstić information content (AvgIpc) is 2.66. The van der Waals surface area contributed by atoms with Gasteiger partial charge in [0.05, 0.1) is 5.52 Å². The van der Waals surface area contributed by atoms with E-state index in [9.17, 15) is 4.79 Å². The minimum absolute atomic E-state index is 0.111. The lowest BCUT2D eigenvalue weighted by Gasteiger charge is -2.06. The molecular weight excluding hydrogens is 344 g/mol. The van der Waals surface area contributed by atoms with Gasteiger partial charge in [-0.05, 0) is 47.9 Å². The number of aromatic nitrogens is 1. The largest absolute Gasteiger partial charge is 0.399 e. The van der Waals surface area contributed by atoms with Gasteiger partial charge < -0.3 is 5.73 Å². The van der Waals surface area contributed by atoms with Gasteiger partial charge in [-0.2, -0.15) is 0 Å². The molecule has 4 rings (SSSR count). The van der Waals surface area contributed by atoms with Crippen molar-refractivity contribution in [3.05, 3.63) is 89.1 Å². The maximum absolute atomic E-state index is 12.3. The number of pyridine rings is 1. The van der Waals surface area contributed by atoms with Gasteiger partial charge in [-0.1, -0.05) is 48.0 Å². The van der Waals surface area contributed by atoms with Crippen LogP contribution in [0.15, 0.2) is 72.8 Å². The molecule has 0 fully saturated rings. The van der Waals surface area contributed by atoms with E-state index in [-0.39, 0.29) is 5.78 Å². The number of anilines is 1. The first-order valence-corrected chi connectivity index (χ1v) is 8.55. The number of rotatable bonds is 3. The average molecular weight is 359 g/mol. The molecule has 126 valence electrons. The second-order valence-electron chi connectivity index (χ2n) is 6.05. The molecule has 0 bridgehead atoms. The van der Waals surface area contributed by atoms with Crippen LogP contribution in [0, 0.1) is 0 Å². The molecule has 0 aliphatic rings. The van der Waals surface area contributed by atoms with Crippen molar-refractivity contribution in [2.24, 2.45) is 0 Å². The summed E-state index contributed by atoms with van der Waals surface area (Å²) in [7, 11) is 0. The van der Waals surface area contributed by atoms with Crippen molar-refractivity contribution in [2.45, 2.75) is 0 Å². The standard InChI is InChI=1S/C22H15ClN2O/c23-22-17(9-12-20(26)15-7-10-18(24)11-8-15)13-16-6-5-14-3-1-2-4-19(14)21(16)25-22/h1-13H,24H2/b12-9+. The van der Waals surface area contributed by atoms with Crippen molar-refractivity contribution in [1.29, 1.82) is 0 Å². The predicted octanol–water partition coefficient (Wildman–Crippen LogP) is 5.52. The Kier molecular flexibility index (Phi) is 4.15. The van der Waals surface area contributed by atoms with Crippen LogP contribution in [0.1, 0.15) is 15.9 Å². The Morgan fingerprint density at radius 1 is 0.962 bits per heavy atom. The SMILES string of the molecule is Nc1ccc(C(=O)/C=C/c2cc3ccc4ccccc4c3nc2Cl)cc1. The second kappa shape index (κ2) is 6.62. The normalized spacial score (nSPS) is 11.4. The van der Waals surface area contributed by atoms with E-state index >= 15 is 0 Å². The molecule has 4 heteroatoms. The number of fused-ring (bicyclic) bond motifs is 3. The molecule has 0 aliphatic carbocycles. The van der Waals surface area contributed by atoms with Crippen LogP contribution in [-0.2, 0) is 0 Å². The van der Waals surface area contributed by atoms with Gasteiger partial charge in [-0.25, -0.2) is 4.98 Å². The molecule has 0 amide bonds. The Morgan fingerprint density at radius 3 is 2.50 bits per heavy atom. The van der Waals surface area contributed by atoms with Crippen molar-refractivity contribution >= 4 is 50.8 Å². The topological polar surface area (TPSA) is 56.0 Å². The van der Waals surface area contributed by atoms with E-state index in [1.165, 1.54) is 6.08 Å². The number of carbonyl (C=O) groups is 1. The Labute approximate surface area is 155 Å². The van der Waals surface area contributed by atoms with E-state index in [4.69, 9.17) is 17.3 Å². The first kappa shape index (κ1) is 16.3. The number of carbonyl (C=O) groups excluding carboxylic acids is 1. The van der Waals surface area contributed by atoms with Crippen LogP contribution in [0.3, 0.4) is 0 Å². The second-order valence-corrected chi connectivity index (χ2v) is 6.40. The Bertz CT molecular complexity index is 1160. The summed E-state index contributed by atoms with van der Waals surface area (Å²) in [5.74, 6) is -0.111. The van der Waals surface area contributed by atoms with E-state index < -0.39 is 0 Å². The van der Waals surface area contributed by atoms with Gasteiger partial charge in [0, 0.05) is 27.6 Å². The zero-order valence-electron chi connectivity index (χ0n) is 13.8. The van der Waals surface area contributed by atoms with Gasteiger partial charge >= 0.3 is 0 Å². The number of nitrogen functional groups attached to an aromatic ring is 1. The highest BCUT2D eigenvalue weighted by Crippen LogP contribution is 2.28. The Balaban J connectivity index is 1.72. The molecule has 0 saturated heterocycles. The summed E-state index contributed by atoms with van der Waals surface area (Å²) >= 11 is 6.36. The fourth-order valence-corrected chi connectivity index (χ4v) is 3.13. The smallest absolute Gasteiger partial charge is 0.185 e. The van der Waals surface area contributed by atoms with E-state index in [0.717, 1.165) is 21.7 Å². The lowest BCUT2D eigenvalue weighted by Crippen LogP contribution is -1.95. The number of hydrogen-bond donors (Lipinski definition) is 1. The molecule has 0 aliphatic heterocycles. The maximum Gasteiger partial charge on any atom is 0.185 e. The fourth-order valence-electron chi connectivity index (χ4n) is 2.93. The van der Waals surface area contributed by atoms with Crippen molar-refractivity contribution in [3.63, 3.8) is 0 Å². The number of nitrogens with two attached hydrogens (primary N) is 1. The fraction of sp³-hybridized carbons (Fsp3) is 0. The summed E-state index contributed by atoms with van der Waals surface area (Å²) in [6, 6.07) is 20.9. The first-order valence-electron chi connectivity index (χ1n) is 8.18. The lowest BCUT2D eigenvalue weighted by molar-refractivity contribution is 0.104. The van der Waals surface area contributed by atoms with Crippen molar-refractivity contribution in [1.82, 2.24) is 4.98 Å². The summed E-state index contributed by atoms with van der Waals surface area (Å²) < 4.78 is 0. The third-order valence-corrected chi connectivity index (χ3v) is 4.60. The monoisotopic (exact) mass is 358 g/mol. The number of benzene rings is 3. The Morgan fingerprint density at radius 2 is 1.69 bits per heavy atom. The van der Waals surface area contributed by atoms with E-state index in [1.807, 2.05) is 36.4 Å². The highest BCUT2D eigenvalue weighted by molar-refractivity contribution is 6.31. The predicted molar refractivity (Wildman–Crippen MR) is 108 cm³/mol. The van der Waals surface area contributed by atoms with Crippen LogP contribution >= 0.6 is 11.6 Å². The maximum atomic E-state index is 12.3. The lowest BCUT2D eigenvalue weighted by atomic mass is 10.0. The van der Waals surface area contributed by atoms with E-state index in [0.29, 0.717) is 22.0 Å². The number of halogens is 1. The van der Waals surface area contributed by atoms with Crippen molar-refractivity contribution in [2.75, 3.05) is 5.73 Å². The molecule has 2 N–H and O–H groups in total. The van der Waals surface area contributed by atoms with Crippen LogP contribution in [0.25, 0.3) is 27.8 Å². The van der Waals surface area contributed by atoms with Gasteiger partial charge in [0.15, 0.2) is 5.78 Å². The summed E-state index contributed by atoms with van der Waals surface area (Å²) in [6.45, 7) is 0. The van der Waals surface area contributed by atoms with Gasteiger partial charge in [0.2, 0.25) is 0 Å². The molecule has 0 spiro atoms. The summed E-state index contributed by atoms with van der Waals surface area (Å²) in [5.41, 5.74) is 8.41. The van der Waals surface area contributed by atoms with Crippen LogP contribution in [-0.4, -0.2) is 10.8 Å². The van der Waals surface area contributed by atoms with Gasteiger partial charge in [0.1, 0.15) is 5.15 Å². The highest BCUT2D eigenvalue weighted by Gasteiger charge is 2.07. The molecule has 3 aromatic carbocycles. The Hall–Kier alpha value is -3.17. The van der Waals surface area contributed by atoms with Gasteiger partial charge in [-0.15, -0.1) is 0 Å². The van der Waals surface area contributed by atoms with E-state index in [2.05, 4.69) is 11.1 Å². The zero-order valence-corrected chi connectivity index (χ0v) is 14.6. The quantitative estimate of drug-likeness (QED) is 0.172. The molecule has 26 heavy (non-hydrogen) atoms. The van der Waals surface area contributed by atoms with Gasteiger partial charge in [-0.3, -0.25) is 4.79 Å². The van der Waals surface area contributed by atoms with Gasteiger partial charge in [0.25, 0.3) is 0 Å². The van der Waals surface area contributed by atoms with E-state index in [1.54, 1.807) is 30.3 Å². The first-order chi connectivity index (χ1) is 12.6. The molecule has 4 aromatic rings. The van der Waals surface area contributed by atoms with Crippen LogP contribution in [0.5, 0.6) is 0 Å². The number of ketones is 1. The zero-order chi connectivity index (χ0) is 18.1. The molecule has 0 radical (unpaired) electrons. The van der Waals surface area contributed by atoms with Crippen molar-refractivity contribution in [3.8, 4) is 0 Å². The molecular formula is C22H15ClN2O. The molecule has 1 heterocycles. The van der Waals surface area contributed by atoms with Crippen LogP contribution in [0.4, 0.5) is 5.69 Å². The van der Waals surface area contributed by atoms with Crippen LogP contribution in [0.2, 0.25) is 5.15 Å². The summed E-state index contributed by atoms with van der Waals surface area (Å²) in [6.07, 6.45) is 3.20.